The van der Waals surface area contributed by atoms with Crippen LogP contribution in [-0.4, -0.2) is 103 Å². The number of pyridine rings is 2. The third-order valence-electron chi connectivity index (χ3n) is 10.2. The first-order valence-corrected chi connectivity index (χ1v) is 21.4. The molecule has 67 heavy (non-hydrogen) atoms. The van der Waals surface area contributed by atoms with E-state index >= 15 is 0 Å². The highest BCUT2D eigenvalue weighted by Gasteiger charge is 2.20. The second kappa shape index (κ2) is 22.4. The maximum atomic E-state index is 13.3. The van der Waals surface area contributed by atoms with Crippen LogP contribution in [0.4, 0.5) is 23.3 Å². The largest absolute Gasteiger partial charge is 0.468 e. The molecular formula is C45H47ClN14O7. The first-order chi connectivity index (χ1) is 32.5. The van der Waals surface area contributed by atoms with Gasteiger partial charge in [-0.25, -0.2) is 0 Å². The van der Waals surface area contributed by atoms with Crippen molar-refractivity contribution in [3.63, 3.8) is 0 Å². The number of rotatable bonds is 21. The van der Waals surface area contributed by atoms with Gasteiger partial charge in [0.2, 0.25) is 23.6 Å². The van der Waals surface area contributed by atoms with Crippen LogP contribution in [-0.2, 0) is 27.4 Å². The summed E-state index contributed by atoms with van der Waals surface area (Å²) < 4.78 is 11.3. The number of ether oxygens (including phenoxy) is 1. The van der Waals surface area contributed by atoms with Crippen molar-refractivity contribution < 1.29 is 33.4 Å². The van der Waals surface area contributed by atoms with Gasteiger partial charge in [-0.3, -0.25) is 34.5 Å². The Bertz CT molecular complexity index is 2840. The zero-order chi connectivity index (χ0) is 47.3. The smallest absolute Gasteiger partial charge is 0.325 e. The number of hydrogen-bond donors (Lipinski definition) is 8. The van der Waals surface area contributed by atoms with Crippen LogP contribution in [0.2, 0.25) is 5.02 Å². The van der Waals surface area contributed by atoms with Crippen LogP contribution in [0.3, 0.4) is 0 Å². The summed E-state index contributed by atoms with van der Waals surface area (Å²) in [5, 5.41) is 31.8. The summed E-state index contributed by atoms with van der Waals surface area (Å²) in [4.78, 5) is 72.1. The molecule has 9 N–H and O–H groups in total. The Kier molecular flexibility index (Phi) is 15.7. The van der Waals surface area contributed by atoms with Gasteiger partial charge < -0.3 is 46.6 Å². The van der Waals surface area contributed by atoms with Gasteiger partial charge in [-0.05, 0) is 72.0 Å². The van der Waals surface area contributed by atoms with Gasteiger partial charge in [0, 0.05) is 62.8 Å². The molecule has 5 heterocycles. The molecule has 0 radical (unpaired) electrons. The number of nitrogens with zero attached hydrogens (tertiary/aromatic N) is 7. The Balaban J connectivity index is 0.830. The molecule has 0 fully saturated rings. The molecule has 2 aromatic carbocycles. The van der Waals surface area contributed by atoms with E-state index in [9.17, 15) is 24.3 Å². The zero-order valence-corrected chi connectivity index (χ0v) is 37.1. The number of aliphatic hydroxyl groups excluding tert-OH is 1. The number of esters is 1. The molecule has 0 aliphatic rings. The molecule has 0 unspecified atom stereocenters. The van der Waals surface area contributed by atoms with E-state index in [4.69, 9.17) is 21.8 Å². The van der Waals surface area contributed by atoms with Crippen LogP contribution in [0.15, 0.2) is 95.9 Å². The second-order valence-corrected chi connectivity index (χ2v) is 15.3. The molecule has 0 bridgehead atoms. The minimum atomic E-state index is -0.888. The minimum absolute atomic E-state index is 0.0975. The fourth-order valence-corrected chi connectivity index (χ4v) is 6.93. The predicted molar refractivity (Wildman–Crippen MR) is 249 cm³/mol. The number of halogens is 1. The lowest BCUT2D eigenvalue weighted by Gasteiger charge is -2.16. The lowest BCUT2D eigenvalue weighted by Crippen LogP contribution is -2.40. The van der Waals surface area contributed by atoms with E-state index < -0.39 is 30.4 Å². The Morgan fingerprint density at radius 1 is 0.836 bits per heavy atom. The average Bonchev–Trinajstić information content (AvgIpc) is 4.04. The number of carbonyl (C=O) groups is 4. The monoisotopic (exact) mass is 930 g/mol. The highest BCUT2D eigenvalue weighted by molar-refractivity contribution is 6.36. The van der Waals surface area contributed by atoms with Crippen molar-refractivity contribution in [2.75, 3.05) is 55.0 Å². The SMILES string of the molecule is COC(=O)[C@H](CO)NCc1ccc(C(=O)Nc2cccc(-c3cccc(NC(=O)c4ccc(CNCCNC(=O)CCCNc5nc(N)n6nc(-c7ccco7)nc6n5)cn4)c3C)c2Cl)nc1. The first-order valence-electron chi connectivity index (χ1n) is 21.0. The van der Waals surface area contributed by atoms with E-state index in [1.165, 1.54) is 30.2 Å². The van der Waals surface area contributed by atoms with E-state index in [2.05, 4.69) is 66.7 Å². The number of aromatic nitrogens is 7. The molecule has 22 heteroatoms. The van der Waals surface area contributed by atoms with Crippen LogP contribution in [0, 0.1) is 6.92 Å². The lowest BCUT2D eigenvalue weighted by molar-refractivity contribution is -0.144. The summed E-state index contributed by atoms with van der Waals surface area (Å²) in [7, 11) is 1.24. The lowest BCUT2D eigenvalue weighted by atomic mass is 9.98. The third-order valence-corrected chi connectivity index (χ3v) is 10.7. The van der Waals surface area contributed by atoms with Crippen molar-refractivity contribution in [1.82, 2.24) is 50.5 Å². The summed E-state index contributed by atoms with van der Waals surface area (Å²) in [6, 6.07) is 19.9. The molecule has 0 saturated heterocycles. The normalized spacial score (nSPS) is 11.5. The fourth-order valence-electron chi connectivity index (χ4n) is 6.66. The van der Waals surface area contributed by atoms with E-state index in [0.717, 1.165) is 16.7 Å². The summed E-state index contributed by atoms with van der Waals surface area (Å²) in [6.45, 7) is 3.50. The molecule has 5 aromatic heterocycles. The molecule has 21 nitrogen and oxygen atoms in total. The summed E-state index contributed by atoms with van der Waals surface area (Å²) >= 11 is 6.86. The molecule has 1 atom stereocenters. The molecule has 3 amide bonds. The van der Waals surface area contributed by atoms with E-state index in [1.54, 1.807) is 54.7 Å². The first kappa shape index (κ1) is 47.1. The third kappa shape index (κ3) is 12.1. The molecule has 7 aromatic rings. The Morgan fingerprint density at radius 3 is 2.21 bits per heavy atom. The van der Waals surface area contributed by atoms with E-state index in [-0.39, 0.29) is 41.5 Å². The van der Waals surface area contributed by atoms with Gasteiger partial charge in [0.15, 0.2) is 5.76 Å². The van der Waals surface area contributed by atoms with Crippen molar-refractivity contribution >= 4 is 64.3 Å². The zero-order valence-electron chi connectivity index (χ0n) is 36.4. The molecule has 0 aliphatic carbocycles. The van der Waals surface area contributed by atoms with Gasteiger partial charge in [0.25, 0.3) is 17.6 Å². The number of anilines is 4. The standard InChI is InChI=1S/C45H47ClN14O7/c1-26-29(30-8-4-10-32(38(30)46)55-41(64)34-16-14-28(23-52-34)24-53-35(25-61)42(65)66-2)7-3-9-31(26)54-40(63)33-15-13-27(22-51-33)21-48-18-19-49-37(62)12-5-17-50-44-57-43(47)60-45(58-44)56-39(59-60)36-11-6-20-67-36/h3-4,6-11,13-16,20,22-23,35,48,53,61H,5,12,17-19,21,24-25H2,1-2H3,(H,49,62)(H,54,63)(H,55,64)(H3,47,50,56,57,58,59)/t35-/m0/s1. The maximum absolute atomic E-state index is 13.3. The van der Waals surface area contributed by atoms with Crippen molar-refractivity contribution in [1.29, 1.82) is 0 Å². The van der Waals surface area contributed by atoms with Crippen LogP contribution < -0.4 is 37.6 Å². The summed E-state index contributed by atoms with van der Waals surface area (Å²) in [5.74, 6) is -0.112. The van der Waals surface area contributed by atoms with Crippen molar-refractivity contribution in [3.05, 3.63) is 125 Å². The van der Waals surface area contributed by atoms with E-state index in [1.807, 2.05) is 25.1 Å². The van der Waals surface area contributed by atoms with Crippen LogP contribution in [0.1, 0.15) is 50.5 Å². The number of hydrogen-bond acceptors (Lipinski definition) is 17. The quantitative estimate of drug-likeness (QED) is 0.0373. The number of nitrogen functional groups attached to an aromatic ring is 1. The highest BCUT2D eigenvalue weighted by Crippen LogP contribution is 2.37. The van der Waals surface area contributed by atoms with Gasteiger partial charge in [-0.2, -0.15) is 19.5 Å². The van der Waals surface area contributed by atoms with Crippen molar-refractivity contribution in [2.45, 2.75) is 38.9 Å². The topological polar surface area (TPSA) is 291 Å². The molecular weight excluding hydrogens is 884 g/mol. The minimum Gasteiger partial charge on any atom is -0.468 e. The Hall–Kier alpha value is -7.85. The molecule has 0 saturated carbocycles. The number of carbonyl (C=O) groups excluding carboxylic acids is 4. The number of benzene rings is 2. The highest BCUT2D eigenvalue weighted by atomic mass is 35.5. The molecule has 0 spiro atoms. The van der Waals surface area contributed by atoms with Crippen molar-refractivity contribution in [2.24, 2.45) is 0 Å². The molecule has 346 valence electrons. The van der Waals surface area contributed by atoms with Gasteiger partial charge in [0.1, 0.15) is 17.4 Å². The van der Waals surface area contributed by atoms with Crippen LogP contribution in [0.25, 0.3) is 28.5 Å². The van der Waals surface area contributed by atoms with Gasteiger partial charge >= 0.3 is 5.97 Å². The number of amides is 3. The molecule has 7 rings (SSSR count). The number of fused-ring (bicyclic) bond motifs is 1. The number of nitrogens with one attached hydrogen (secondary N) is 6. The molecule has 0 aliphatic heterocycles. The average molecular weight is 931 g/mol. The van der Waals surface area contributed by atoms with Crippen molar-refractivity contribution in [3.8, 4) is 22.7 Å². The Morgan fingerprint density at radius 2 is 1.54 bits per heavy atom. The second-order valence-electron chi connectivity index (χ2n) is 14.9. The van der Waals surface area contributed by atoms with Gasteiger partial charge in [-0.1, -0.05) is 48.0 Å². The number of aliphatic hydroxyl groups is 1. The van der Waals surface area contributed by atoms with Gasteiger partial charge in [-0.15, -0.1) is 5.10 Å². The van der Waals surface area contributed by atoms with E-state index in [0.29, 0.717) is 78.1 Å². The Labute approximate surface area is 388 Å². The maximum Gasteiger partial charge on any atom is 0.325 e. The predicted octanol–water partition coefficient (Wildman–Crippen LogP) is 4.01. The van der Waals surface area contributed by atoms with Gasteiger partial charge in [0.05, 0.1) is 30.7 Å². The number of furan rings is 1. The number of nitrogens with two attached hydrogens (primary N) is 1. The fraction of sp³-hybridized carbons (Fsp3) is 0.244. The van der Waals surface area contributed by atoms with Crippen LogP contribution in [0.5, 0.6) is 0 Å². The number of methoxy groups -OCH3 is 1. The van der Waals surface area contributed by atoms with Crippen LogP contribution >= 0.6 is 11.6 Å². The summed E-state index contributed by atoms with van der Waals surface area (Å²) in [6.07, 6.45) is 5.46. The summed E-state index contributed by atoms with van der Waals surface area (Å²) in [5.41, 5.74) is 11.0.